The number of hydrogen-bond acceptors (Lipinski definition) is 2. The van der Waals surface area contributed by atoms with Crippen molar-refractivity contribution in [1.82, 2.24) is 5.32 Å². The predicted molar refractivity (Wildman–Crippen MR) is 58.2 cm³/mol. The largest absolute Gasteiger partial charge is 0.309 e. The molecule has 2 rings (SSSR count). The van der Waals surface area contributed by atoms with Gasteiger partial charge in [0.1, 0.15) is 0 Å². The Morgan fingerprint density at radius 2 is 2.31 bits per heavy atom. The molecule has 1 aromatic rings. The Balaban J connectivity index is 2.09. The molecule has 70 valence electrons. The van der Waals surface area contributed by atoms with E-state index in [-0.39, 0.29) is 0 Å². The van der Waals surface area contributed by atoms with Crippen molar-refractivity contribution in [3.63, 3.8) is 0 Å². The van der Waals surface area contributed by atoms with Gasteiger partial charge in [-0.1, -0.05) is 25.1 Å². The predicted octanol–water partition coefficient (Wildman–Crippen LogP) is 2.83. The molecule has 1 N–H and O–H groups in total. The number of fused-ring (bicyclic) bond motifs is 1. The normalized spacial score (nSPS) is 20.2. The van der Waals surface area contributed by atoms with E-state index < -0.39 is 0 Å². The third-order valence-electron chi connectivity index (χ3n) is 2.34. The molecule has 0 amide bonds. The fourth-order valence-corrected chi connectivity index (χ4v) is 2.85. The van der Waals surface area contributed by atoms with Crippen LogP contribution < -0.4 is 5.32 Å². The standard InChI is InChI=1S/C11H15NS/c1-2-7-12-10-8-13-11-6-4-3-5-9(10)11/h3-6,10,12H,2,7-8H2,1H3. The van der Waals surface area contributed by atoms with Gasteiger partial charge < -0.3 is 5.32 Å². The summed E-state index contributed by atoms with van der Waals surface area (Å²) in [6.45, 7) is 3.33. The lowest BCUT2D eigenvalue weighted by Crippen LogP contribution is -2.21. The zero-order valence-electron chi connectivity index (χ0n) is 7.92. The minimum atomic E-state index is 0.584. The van der Waals surface area contributed by atoms with E-state index in [1.165, 1.54) is 22.6 Å². The second kappa shape index (κ2) is 4.16. The van der Waals surface area contributed by atoms with Crippen LogP contribution in [0.3, 0.4) is 0 Å². The summed E-state index contributed by atoms with van der Waals surface area (Å²) >= 11 is 1.96. The van der Waals surface area contributed by atoms with Crippen LogP contribution in [0.25, 0.3) is 0 Å². The third-order valence-corrected chi connectivity index (χ3v) is 3.52. The van der Waals surface area contributed by atoms with Crippen molar-refractivity contribution in [3.05, 3.63) is 29.8 Å². The Morgan fingerprint density at radius 3 is 3.15 bits per heavy atom. The molecule has 0 spiro atoms. The van der Waals surface area contributed by atoms with E-state index in [1.54, 1.807) is 0 Å². The van der Waals surface area contributed by atoms with Crippen LogP contribution in [-0.2, 0) is 0 Å². The molecule has 0 radical (unpaired) electrons. The lowest BCUT2D eigenvalue weighted by molar-refractivity contribution is 0.579. The zero-order valence-corrected chi connectivity index (χ0v) is 8.73. The Labute approximate surface area is 83.9 Å². The highest BCUT2D eigenvalue weighted by atomic mass is 32.2. The van der Waals surface area contributed by atoms with Crippen LogP contribution in [0.4, 0.5) is 0 Å². The fourth-order valence-electron chi connectivity index (χ4n) is 1.65. The van der Waals surface area contributed by atoms with E-state index in [0.29, 0.717) is 6.04 Å². The number of thioether (sulfide) groups is 1. The second-order valence-electron chi connectivity index (χ2n) is 3.36. The van der Waals surface area contributed by atoms with Gasteiger partial charge in [-0.3, -0.25) is 0 Å². The molecule has 2 heteroatoms. The number of benzene rings is 1. The van der Waals surface area contributed by atoms with Crippen molar-refractivity contribution in [2.45, 2.75) is 24.3 Å². The van der Waals surface area contributed by atoms with Crippen molar-refractivity contribution < 1.29 is 0 Å². The van der Waals surface area contributed by atoms with Gasteiger partial charge in [-0.05, 0) is 24.6 Å². The maximum absolute atomic E-state index is 3.57. The Hall–Kier alpha value is -0.470. The molecule has 1 aromatic carbocycles. The molecule has 1 unspecified atom stereocenters. The van der Waals surface area contributed by atoms with E-state index in [2.05, 4.69) is 36.5 Å². The molecule has 1 aliphatic rings. The van der Waals surface area contributed by atoms with Gasteiger partial charge in [-0.25, -0.2) is 0 Å². The van der Waals surface area contributed by atoms with Crippen LogP contribution >= 0.6 is 11.8 Å². The summed E-state index contributed by atoms with van der Waals surface area (Å²) in [4.78, 5) is 1.45. The molecule has 1 heterocycles. The highest BCUT2D eigenvalue weighted by Crippen LogP contribution is 2.37. The van der Waals surface area contributed by atoms with Gasteiger partial charge in [0.15, 0.2) is 0 Å². The fraction of sp³-hybridized carbons (Fsp3) is 0.455. The van der Waals surface area contributed by atoms with Crippen LogP contribution in [-0.4, -0.2) is 12.3 Å². The first kappa shape index (κ1) is 9.10. The highest BCUT2D eigenvalue weighted by Gasteiger charge is 2.21. The quantitative estimate of drug-likeness (QED) is 0.792. The summed E-state index contributed by atoms with van der Waals surface area (Å²) in [6.07, 6.45) is 1.21. The van der Waals surface area contributed by atoms with Gasteiger partial charge in [-0.15, -0.1) is 11.8 Å². The smallest absolute Gasteiger partial charge is 0.0426 e. The molecular weight excluding hydrogens is 178 g/mol. The molecule has 1 aliphatic heterocycles. The maximum atomic E-state index is 3.57. The first-order chi connectivity index (χ1) is 6.42. The Bertz CT molecular complexity index is 285. The van der Waals surface area contributed by atoms with Crippen molar-refractivity contribution >= 4 is 11.8 Å². The highest BCUT2D eigenvalue weighted by molar-refractivity contribution is 7.99. The molecule has 0 bridgehead atoms. The Morgan fingerprint density at radius 1 is 1.46 bits per heavy atom. The lowest BCUT2D eigenvalue weighted by Gasteiger charge is -2.11. The van der Waals surface area contributed by atoms with Crippen molar-refractivity contribution in [3.8, 4) is 0 Å². The summed E-state index contributed by atoms with van der Waals surface area (Å²) in [5, 5.41) is 3.57. The molecule has 1 nitrogen and oxygen atoms in total. The third kappa shape index (κ3) is 1.89. The van der Waals surface area contributed by atoms with Gasteiger partial charge >= 0.3 is 0 Å². The van der Waals surface area contributed by atoms with Gasteiger partial charge in [0, 0.05) is 16.7 Å². The van der Waals surface area contributed by atoms with Crippen LogP contribution in [0.15, 0.2) is 29.2 Å². The summed E-state index contributed by atoms with van der Waals surface area (Å²) in [7, 11) is 0. The molecule has 13 heavy (non-hydrogen) atoms. The van der Waals surface area contributed by atoms with Crippen molar-refractivity contribution in [2.24, 2.45) is 0 Å². The number of rotatable bonds is 3. The molecule has 0 fully saturated rings. The van der Waals surface area contributed by atoms with Crippen LogP contribution in [0.2, 0.25) is 0 Å². The van der Waals surface area contributed by atoms with Crippen LogP contribution in [0.5, 0.6) is 0 Å². The first-order valence-electron chi connectivity index (χ1n) is 4.87. The van der Waals surface area contributed by atoms with Crippen LogP contribution in [0, 0.1) is 0 Å². The average Bonchev–Trinajstić information content (AvgIpc) is 2.58. The SMILES string of the molecule is CCCNC1CSc2ccccc21. The molecule has 1 atom stereocenters. The van der Waals surface area contributed by atoms with Gasteiger partial charge in [0.05, 0.1) is 0 Å². The zero-order chi connectivity index (χ0) is 9.10. The monoisotopic (exact) mass is 193 g/mol. The molecular formula is C11H15NS. The minimum Gasteiger partial charge on any atom is -0.309 e. The Kier molecular flexibility index (Phi) is 2.91. The summed E-state index contributed by atoms with van der Waals surface area (Å²) < 4.78 is 0. The lowest BCUT2D eigenvalue weighted by atomic mass is 10.1. The molecule has 0 saturated carbocycles. The topological polar surface area (TPSA) is 12.0 Å². The summed E-state index contributed by atoms with van der Waals surface area (Å²) in [5.74, 6) is 1.19. The second-order valence-corrected chi connectivity index (χ2v) is 4.42. The van der Waals surface area contributed by atoms with Gasteiger partial charge in [-0.2, -0.15) is 0 Å². The molecule has 0 aromatic heterocycles. The van der Waals surface area contributed by atoms with E-state index in [9.17, 15) is 0 Å². The van der Waals surface area contributed by atoms with Gasteiger partial charge in [0.25, 0.3) is 0 Å². The van der Waals surface area contributed by atoms with Crippen LogP contribution in [0.1, 0.15) is 24.9 Å². The van der Waals surface area contributed by atoms with Gasteiger partial charge in [0.2, 0.25) is 0 Å². The average molecular weight is 193 g/mol. The number of hydrogen-bond donors (Lipinski definition) is 1. The van der Waals surface area contributed by atoms with E-state index in [0.717, 1.165) is 6.54 Å². The molecule has 0 aliphatic carbocycles. The van der Waals surface area contributed by atoms with E-state index in [1.807, 2.05) is 11.8 Å². The minimum absolute atomic E-state index is 0.584. The van der Waals surface area contributed by atoms with Crippen molar-refractivity contribution in [1.29, 1.82) is 0 Å². The summed E-state index contributed by atoms with van der Waals surface area (Å²) in [5.41, 5.74) is 1.49. The molecule has 0 saturated heterocycles. The van der Waals surface area contributed by atoms with E-state index >= 15 is 0 Å². The maximum Gasteiger partial charge on any atom is 0.0426 e. The first-order valence-corrected chi connectivity index (χ1v) is 5.85. The van der Waals surface area contributed by atoms with E-state index in [4.69, 9.17) is 0 Å². The van der Waals surface area contributed by atoms with Crippen molar-refractivity contribution in [2.75, 3.05) is 12.3 Å². The number of nitrogens with one attached hydrogen (secondary N) is 1. The summed E-state index contributed by atoms with van der Waals surface area (Å²) in [6, 6.07) is 9.29.